The molecule has 2 bridgehead atoms. The Hall–Kier alpha value is -1.89. The summed E-state index contributed by atoms with van der Waals surface area (Å²) in [6.45, 7) is 2.26. The molecule has 0 radical (unpaired) electrons. The van der Waals surface area contributed by atoms with Gasteiger partial charge in [0.05, 0.1) is 0 Å². The summed E-state index contributed by atoms with van der Waals surface area (Å²) in [5.74, 6) is 1.09. The summed E-state index contributed by atoms with van der Waals surface area (Å²) in [5.41, 5.74) is 5.69. The van der Waals surface area contributed by atoms with Crippen LogP contribution in [0.1, 0.15) is 55.7 Å². The van der Waals surface area contributed by atoms with Crippen molar-refractivity contribution in [2.24, 2.45) is 11.3 Å². The maximum Gasteiger partial charge on any atom is 0.144 e. The number of carbonyl (C=O) groups excluding carboxylic acids is 1. The molecule has 0 aromatic heterocycles. The highest BCUT2D eigenvalue weighted by molar-refractivity contribution is 5.94. The van der Waals surface area contributed by atoms with E-state index in [0.29, 0.717) is 18.1 Å². The van der Waals surface area contributed by atoms with Gasteiger partial charge in [-0.25, -0.2) is 0 Å². The fourth-order valence-electron chi connectivity index (χ4n) is 5.62. The van der Waals surface area contributed by atoms with E-state index in [-0.39, 0.29) is 5.41 Å². The fourth-order valence-corrected chi connectivity index (χ4v) is 5.62. The third kappa shape index (κ3) is 2.25. The number of aryl methyl sites for hydroxylation is 1. The average molecular weight is 330 g/mol. The van der Waals surface area contributed by atoms with Crippen molar-refractivity contribution < 1.29 is 4.79 Å². The normalized spacial score (nSPS) is 27.2. The highest BCUT2D eigenvalue weighted by Crippen LogP contribution is 2.57. The van der Waals surface area contributed by atoms with Gasteiger partial charge in [-0.3, -0.25) is 4.79 Å². The van der Waals surface area contributed by atoms with Gasteiger partial charge in [0.15, 0.2) is 0 Å². The topological polar surface area (TPSA) is 17.1 Å². The van der Waals surface area contributed by atoms with Gasteiger partial charge in [0.2, 0.25) is 0 Å². The lowest BCUT2D eigenvalue weighted by atomic mass is 9.63. The number of unbranched alkanes of at least 4 members (excludes halogenated alkanes) is 1. The number of benzene rings is 2. The van der Waals surface area contributed by atoms with Crippen molar-refractivity contribution in [1.82, 2.24) is 0 Å². The molecule has 1 spiro atoms. The van der Waals surface area contributed by atoms with E-state index >= 15 is 0 Å². The lowest BCUT2D eigenvalue weighted by Crippen LogP contribution is -2.42. The number of hydrogen-bond acceptors (Lipinski definition) is 1. The zero-order valence-corrected chi connectivity index (χ0v) is 15.1. The van der Waals surface area contributed by atoms with E-state index in [9.17, 15) is 4.79 Å². The smallest absolute Gasteiger partial charge is 0.144 e. The van der Waals surface area contributed by atoms with Gasteiger partial charge in [-0.05, 0) is 71.9 Å². The van der Waals surface area contributed by atoms with Gasteiger partial charge in [0, 0.05) is 11.8 Å². The molecule has 1 nitrogen and oxygen atoms in total. The maximum absolute atomic E-state index is 13.1. The third-order valence-corrected chi connectivity index (χ3v) is 7.03. The van der Waals surface area contributed by atoms with Crippen LogP contribution in [0.3, 0.4) is 0 Å². The van der Waals surface area contributed by atoms with Gasteiger partial charge >= 0.3 is 0 Å². The molecule has 0 saturated heterocycles. The highest BCUT2D eigenvalue weighted by atomic mass is 16.1. The molecule has 3 aliphatic carbocycles. The molecule has 0 N–H and O–H groups in total. The van der Waals surface area contributed by atoms with Crippen LogP contribution in [0.25, 0.3) is 10.8 Å². The number of fused-ring (bicyclic) bond motifs is 5. The summed E-state index contributed by atoms with van der Waals surface area (Å²) in [6, 6.07) is 11.4. The fraction of sp³-hybridized carbons (Fsp3) is 0.458. The molecule has 5 rings (SSSR count). The standard InChI is InChI=1S/C24H26O/c1-2-3-5-17-6-4-7-18-11-19-13-23(25)24(15-20(19)12-22(17)18)14-16-8-9-21(24)10-16/h4,6-8,11-12,21H,2-3,5,9-10,13-15H2,1H3. The zero-order chi connectivity index (χ0) is 17.0. The SMILES string of the molecule is CCCCc1cccc2cc3c(cc12)CC1(CC2=CCC1C2)C(=O)C3. The second-order valence-electron chi connectivity index (χ2n) is 8.47. The van der Waals surface area contributed by atoms with Crippen molar-refractivity contribution in [3.63, 3.8) is 0 Å². The summed E-state index contributed by atoms with van der Waals surface area (Å²) < 4.78 is 0. The molecule has 2 unspecified atom stereocenters. The summed E-state index contributed by atoms with van der Waals surface area (Å²) in [4.78, 5) is 13.1. The van der Waals surface area contributed by atoms with Crippen LogP contribution in [0, 0.1) is 11.3 Å². The lowest BCUT2D eigenvalue weighted by molar-refractivity contribution is -0.131. The summed E-state index contributed by atoms with van der Waals surface area (Å²) in [7, 11) is 0. The molecule has 2 aromatic carbocycles. The average Bonchev–Trinajstić information content (AvgIpc) is 3.21. The predicted molar refractivity (Wildman–Crippen MR) is 103 cm³/mol. The van der Waals surface area contributed by atoms with Crippen molar-refractivity contribution in [3.05, 3.63) is 58.7 Å². The van der Waals surface area contributed by atoms with Gasteiger partial charge in [0.1, 0.15) is 5.78 Å². The Kier molecular flexibility index (Phi) is 3.42. The molecule has 2 atom stereocenters. The summed E-state index contributed by atoms with van der Waals surface area (Å²) >= 11 is 0. The lowest BCUT2D eigenvalue weighted by Gasteiger charge is -2.39. The first-order valence-corrected chi connectivity index (χ1v) is 9.94. The Balaban J connectivity index is 1.59. The summed E-state index contributed by atoms with van der Waals surface area (Å²) in [6.07, 6.45) is 11.0. The molecular formula is C24H26O. The summed E-state index contributed by atoms with van der Waals surface area (Å²) in [5, 5.41) is 2.73. The van der Waals surface area contributed by atoms with Crippen LogP contribution in [0.4, 0.5) is 0 Å². The molecular weight excluding hydrogens is 304 g/mol. The quantitative estimate of drug-likeness (QED) is 0.672. The van der Waals surface area contributed by atoms with Crippen LogP contribution in [-0.4, -0.2) is 5.78 Å². The van der Waals surface area contributed by atoms with Crippen LogP contribution < -0.4 is 0 Å². The van der Waals surface area contributed by atoms with Crippen molar-refractivity contribution in [3.8, 4) is 0 Å². The Morgan fingerprint density at radius 1 is 1.16 bits per heavy atom. The van der Waals surface area contributed by atoms with Crippen molar-refractivity contribution in [1.29, 1.82) is 0 Å². The van der Waals surface area contributed by atoms with Gasteiger partial charge in [-0.2, -0.15) is 0 Å². The Morgan fingerprint density at radius 3 is 2.84 bits per heavy atom. The van der Waals surface area contributed by atoms with Crippen molar-refractivity contribution in [2.75, 3.05) is 0 Å². The van der Waals surface area contributed by atoms with Gasteiger partial charge in [0.25, 0.3) is 0 Å². The number of carbonyl (C=O) groups is 1. The molecule has 2 aromatic rings. The second kappa shape index (κ2) is 5.56. The molecule has 1 heteroatoms. The number of hydrogen-bond donors (Lipinski definition) is 0. The van der Waals surface area contributed by atoms with Crippen molar-refractivity contribution in [2.45, 2.75) is 58.3 Å². The minimum Gasteiger partial charge on any atom is -0.299 e. The van der Waals surface area contributed by atoms with Crippen molar-refractivity contribution >= 4 is 16.6 Å². The van der Waals surface area contributed by atoms with Gasteiger partial charge in [-0.15, -0.1) is 0 Å². The maximum atomic E-state index is 13.1. The second-order valence-corrected chi connectivity index (χ2v) is 8.47. The number of allylic oxidation sites excluding steroid dienone is 2. The van der Waals surface area contributed by atoms with Crippen LogP contribution in [0.5, 0.6) is 0 Å². The van der Waals surface area contributed by atoms with E-state index < -0.39 is 0 Å². The Labute approximate surface area is 150 Å². The minimum absolute atomic E-state index is 0.0663. The molecule has 3 aliphatic rings. The zero-order valence-electron chi connectivity index (χ0n) is 15.1. The van der Waals surface area contributed by atoms with Crippen LogP contribution in [0.15, 0.2) is 42.0 Å². The molecule has 0 heterocycles. The van der Waals surface area contributed by atoms with E-state index in [1.807, 2.05) is 0 Å². The molecule has 128 valence electrons. The van der Waals surface area contributed by atoms with Crippen LogP contribution in [0.2, 0.25) is 0 Å². The molecule has 1 saturated carbocycles. The third-order valence-electron chi connectivity index (χ3n) is 7.03. The highest BCUT2D eigenvalue weighted by Gasteiger charge is 2.53. The van der Waals surface area contributed by atoms with E-state index in [0.717, 1.165) is 25.7 Å². The largest absolute Gasteiger partial charge is 0.299 e. The Morgan fingerprint density at radius 2 is 2.08 bits per heavy atom. The molecule has 0 amide bonds. The van der Waals surface area contributed by atoms with Crippen LogP contribution >= 0.6 is 0 Å². The first-order chi connectivity index (χ1) is 12.2. The molecule has 1 fully saturated rings. The van der Waals surface area contributed by atoms with E-state index in [1.54, 1.807) is 5.57 Å². The monoisotopic (exact) mass is 330 g/mol. The predicted octanol–water partition coefficient (Wildman–Crippen LogP) is 5.58. The number of Topliss-reactive ketones (excluding diaryl/α,β-unsaturated/α-hetero) is 1. The number of ketones is 1. The van der Waals surface area contributed by atoms with Gasteiger partial charge in [-0.1, -0.05) is 55.3 Å². The van der Waals surface area contributed by atoms with Gasteiger partial charge < -0.3 is 0 Å². The number of rotatable bonds is 3. The van der Waals surface area contributed by atoms with E-state index in [4.69, 9.17) is 0 Å². The molecule has 25 heavy (non-hydrogen) atoms. The van der Waals surface area contributed by atoms with E-state index in [1.165, 1.54) is 46.7 Å². The Bertz CT molecular complexity index is 904. The van der Waals surface area contributed by atoms with E-state index in [2.05, 4.69) is 43.3 Å². The van der Waals surface area contributed by atoms with Crippen LogP contribution in [-0.2, 0) is 24.1 Å². The first kappa shape index (κ1) is 15.4. The molecule has 0 aliphatic heterocycles. The minimum atomic E-state index is -0.0663. The first-order valence-electron chi connectivity index (χ1n) is 9.94.